The lowest BCUT2D eigenvalue weighted by atomic mass is 9.91. The van der Waals surface area contributed by atoms with Gasteiger partial charge in [0.2, 0.25) is 5.75 Å². The molecule has 0 bridgehead atoms. The summed E-state index contributed by atoms with van der Waals surface area (Å²) in [5.74, 6) is 2.64. The number of hydrogen-bond acceptors (Lipinski definition) is 5. The van der Waals surface area contributed by atoms with Crippen molar-refractivity contribution in [1.29, 1.82) is 0 Å². The maximum absolute atomic E-state index is 13.7. The first-order valence-electron chi connectivity index (χ1n) is 10.9. The van der Waals surface area contributed by atoms with E-state index in [0.29, 0.717) is 40.3 Å². The van der Waals surface area contributed by atoms with Gasteiger partial charge in [0.05, 0.1) is 38.1 Å². The van der Waals surface area contributed by atoms with Gasteiger partial charge < -0.3 is 19.1 Å². The van der Waals surface area contributed by atoms with E-state index in [9.17, 15) is 4.79 Å². The lowest BCUT2D eigenvalue weighted by Crippen LogP contribution is -2.42. The average Bonchev–Trinajstić information content (AvgIpc) is 2.81. The highest BCUT2D eigenvalue weighted by Crippen LogP contribution is 2.41. The van der Waals surface area contributed by atoms with Gasteiger partial charge >= 0.3 is 0 Å². The molecule has 2 unspecified atom stereocenters. The normalized spacial score (nSPS) is 18.5. The molecule has 1 aromatic heterocycles. The van der Waals surface area contributed by atoms with Crippen molar-refractivity contribution in [3.05, 3.63) is 48.0 Å². The van der Waals surface area contributed by atoms with E-state index in [1.807, 2.05) is 47.4 Å². The summed E-state index contributed by atoms with van der Waals surface area (Å²) in [6.45, 7) is 5.97. The molecule has 0 saturated carbocycles. The Kier molecular flexibility index (Phi) is 6.21. The SMILES string of the molecule is COc1cc(-c2cc(C(=O)N3CC(C)CC(C)C3)c3ccccc3n2)cc(OC)c1OC. The summed E-state index contributed by atoms with van der Waals surface area (Å²) < 4.78 is 16.5. The number of aromatic nitrogens is 1. The number of benzene rings is 2. The number of hydrogen-bond donors (Lipinski definition) is 0. The van der Waals surface area contributed by atoms with Gasteiger partial charge in [-0.1, -0.05) is 32.0 Å². The van der Waals surface area contributed by atoms with Crippen molar-refractivity contribution in [3.8, 4) is 28.5 Å². The first kappa shape index (κ1) is 21.9. The van der Waals surface area contributed by atoms with Crippen LogP contribution < -0.4 is 14.2 Å². The summed E-state index contributed by atoms with van der Waals surface area (Å²) in [5, 5.41) is 0.861. The zero-order valence-corrected chi connectivity index (χ0v) is 19.3. The lowest BCUT2D eigenvalue weighted by molar-refractivity contribution is 0.0625. The second-order valence-electron chi connectivity index (χ2n) is 8.64. The number of carbonyl (C=O) groups is 1. The number of rotatable bonds is 5. The monoisotopic (exact) mass is 434 g/mol. The van der Waals surface area contributed by atoms with Crippen molar-refractivity contribution in [3.63, 3.8) is 0 Å². The Morgan fingerprint density at radius 1 is 0.938 bits per heavy atom. The summed E-state index contributed by atoms with van der Waals surface area (Å²) >= 11 is 0. The number of fused-ring (bicyclic) bond motifs is 1. The molecule has 1 fully saturated rings. The van der Waals surface area contributed by atoms with E-state index in [2.05, 4.69) is 13.8 Å². The van der Waals surface area contributed by atoms with E-state index >= 15 is 0 Å². The van der Waals surface area contributed by atoms with Crippen molar-refractivity contribution < 1.29 is 19.0 Å². The summed E-state index contributed by atoms with van der Waals surface area (Å²) in [6.07, 6.45) is 1.15. The van der Waals surface area contributed by atoms with Gasteiger partial charge in [0.25, 0.3) is 5.91 Å². The molecule has 2 aromatic carbocycles. The molecule has 3 aromatic rings. The van der Waals surface area contributed by atoms with Crippen molar-refractivity contribution in [2.24, 2.45) is 11.8 Å². The van der Waals surface area contributed by atoms with Crippen LogP contribution in [0.4, 0.5) is 0 Å². The maximum Gasteiger partial charge on any atom is 0.254 e. The molecule has 2 heterocycles. The molecule has 1 aliphatic heterocycles. The van der Waals surface area contributed by atoms with Gasteiger partial charge in [0, 0.05) is 24.0 Å². The fourth-order valence-electron chi connectivity index (χ4n) is 4.73. The van der Waals surface area contributed by atoms with Crippen molar-refractivity contribution in [2.45, 2.75) is 20.3 Å². The molecule has 1 aliphatic rings. The third-order valence-electron chi connectivity index (χ3n) is 6.06. The minimum atomic E-state index is 0.0516. The number of methoxy groups -OCH3 is 3. The first-order valence-corrected chi connectivity index (χ1v) is 10.9. The van der Waals surface area contributed by atoms with Crippen LogP contribution in [0.5, 0.6) is 17.2 Å². The summed E-state index contributed by atoms with van der Waals surface area (Å²) in [4.78, 5) is 20.5. The molecule has 0 radical (unpaired) electrons. The highest BCUT2D eigenvalue weighted by molar-refractivity contribution is 6.07. The zero-order chi connectivity index (χ0) is 22.8. The molecule has 0 aliphatic carbocycles. The van der Waals surface area contributed by atoms with E-state index in [1.54, 1.807) is 21.3 Å². The first-order chi connectivity index (χ1) is 15.4. The van der Waals surface area contributed by atoms with Crippen LogP contribution in [0.3, 0.4) is 0 Å². The van der Waals surface area contributed by atoms with Gasteiger partial charge in [-0.05, 0) is 42.5 Å². The Labute approximate surface area is 189 Å². The molecule has 6 heteroatoms. The Bertz CT molecular complexity index is 1110. The highest BCUT2D eigenvalue weighted by Gasteiger charge is 2.28. The Morgan fingerprint density at radius 3 is 2.16 bits per heavy atom. The average molecular weight is 435 g/mol. The van der Waals surface area contributed by atoms with Gasteiger partial charge in [0.1, 0.15) is 0 Å². The number of likely N-dealkylation sites (tertiary alicyclic amines) is 1. The maximum atomic E-state index is 13.7. The van der Waals surface area contributed by atoms with Crippen molar-refractivity contribution in [1.82, 2.24) is 9.88 Å². The Morgan fingerprint density at radius 2 is 1.56 bits per heavy atom. The van der Waals surface area contributed by atoms with E-state index in [1.165, 1.54) is 0 Å². The number of nitrogens with zero attached hydrogens (tertiary/aromatic N) is 2. The molecule has 6 nitrogen and oxygen atoms in total. The number of para-hydroxylation sites is 1. The van der Waals surface area contributed by atoms with Gasteiger partial charge in [0.15, 0.2) is 11.5 Å². The Balaban J connectivity index is 1.86. The lowest BCUT2D eigenvalue weighted by Gasteiger charge is -2.35. The van der Waals surface area contributed by atoms with Crippen LogP contribution >= 0.6 is 0 Å². The molecular weight excluding hydrogens is 404 g/mol. The molecular formula is C26H30N2O4. The molecule has 0 spiro atoms. The highest BCUT2D eigenvalue weighted by atomic mass is 16.5. The predicted octanol–water partition coefficient (Wildman–Crippen LogP) is 5.05. The predicted molar refractivity (Wildman–Crippen MR) is 126 cm³/mol. The zero-order valence-electron chi connectivity index (χ0n) is 19.3. The fraction of sp³-hybridized carbons (Fsp3) is 0.385. The number of piperidine rings is 1. The molecule has 168 valence electrons. The van der Waals surface area contributed by atoms with Crippen LogP contribution in [-0.2, 0) is 0 Å². The van der Waals surface area contributed by atoms with Crippen molar-refractivity contribution >= 4 is 16.8 Å². The largest absolute Gasteiger partial charge is 0.493 e. The fourth-order valence-corrected chi connectivity index (χ4v) is 4.73. The van der Waals surface area contributed by atoms with E-state index < -0.39 is 0 Å². The number of amides is 1. The Hall–Kier alpha value is -3.28. The van der Waals surface area contributed by atoms with Crippen LogP contribution in [0.15, 0.2) is 42.5 Å². The van der Waals surface area contributed by atoms with Crippen LogP contribution in [-0.4, -0.2) is 50.2 Å². The third kappa shape index (κ3) is 4.09. The van der Waals surface area contributed by atoms with Crippen LogP contribution in [0.2, 0.25) is 0 Å². The van der Waals surface area contributed by atoms with Gasteiger partial charge in [-0.3, -0.25) is 4.79 Å². The van der Waals surface area contributed by atoms with Gasteiger partial charge in [-0.2, -0.15) is 0 Å². The van der Waals surface area contributed by atoms with Gasteiger partial charge in [-0.15, -0.1) is 0 Å². The second kappa shape index (κ2) is 9.07. The molecule has 2 atom stereocenters. The van der Waals surface area contributed by atoms with E-state index in [4.69, 9.17) is 19.2 Å². The number of ether oxygens (including phenoxy) is 3. The number of pyridine rings is 1. The minimum Gasteiger partial charge on any atom is -0.493 e. The standard InChI is InChI=1S/C26H30N2O4/c1-16-10-17(2)15-28(14-16)26(29)20-13-22(27-21-9-7-6-8-19(20)21)18-11-23(30-3)25(32-5)24(12-18)31-4/h6-9,11-13,16-17H,10,14-15H2,1-5H3. The van der Waals surface area contributed by atoms with Crippen LogP contribution in [0, 0.1) is 11.8 Å². The molecule has 0 N–H and O–H groups in total. The smallest absolute Gasteiger partial charge is 0.254 e. The van der Waals surface area contributed by atoms with Gasteiger partial charge in [-0.25, -0.2) is 4.98 Å². The van der Waals surface area contributed by atoms with E-state index in [-0.39, 0.29) is 5.91 Å². The summed E-state index contributed by atoms with van der Waals surface area (Å²) in [7, 11) is 4.75. The summed E-state index contributed by atoms with van der Waals surface area (Å²) in [6, 6.07) is 13.4. The summed E-state index contributed by atoms with van der Waals surface area (Å²) in [5.41, 5.74) is 2.92. The quantitative estimate of drug-likeness (QED) is 0.563. The minimum absolute atomic E-state index is 0.0516. The van der Waals surface area contributed by atoms with E-state index in [0.717, 1.165) is 36.0 Å². The molecule has 1 saturated heterocycles. The molecule has 4 rings (SSSR count). The topological polar surface area (TPSA) is 60.9 Å². The molecule has 1 amide bonds. The third-order valence-corrected chi connectivity index (χ3v) is 6.06. The second-order valence-corrected chi connectivity index (χ2v) is 8.64. The van der Waals surface area contributed by atoms with Crippen molar-refractivity contribution in [2.75, 3.05) is 34.4 Å². The molecule has 32 heavy (non-hydrogen) atoms. The number of carbonyl (C=O) groups excluding carboxylic acids is 1. The van der Waals surface area contributed by atoms with Crippen LogP contribution in [0.1, 0.15) is 30.6 Å². The van der Waals surface area contributed by atoms with Crippen LogP contribution in [0.25, 0.3) is 22.2 Å².